The highest BCUT2D eigenvalue weighted by atomic mass is 35.5. The lowest BCUT2D eigenvalue weighted by Gasteiger charge is -2.33. The Morgan fingerprint density at radius 2 is 1.56 bits per heavy atom. The van der Waals surface area contributed by atoms with E-state index in [4.69, 9.17) is 11.6 Å². The zero-order chi connectivity index (χ0) is 29.6. The molecule has 0 radical (unpaired) electrons. The molecule has 1 aliphatic rings. The molecule has 0 spiro atoms. The molecule has 1 saturated carbocycles. The van der Waals surface area contributed by atoms with E-state index in [0.717, 1.165) is 53.1 Å². The third-order valence-electron chi connectivity index (χ3n) is 7.72. The van der Waals surface area contributed by atoms with Crippen molar-refractivity contribution in [1.82, 2.24) is 10.2 Å². The molecular formula is C32H38ClN3O4S. The molecule has 7 nitrogen and oxygen atoms in total. The molecule has 41 heavy (non-hydrogen) atoms. The van der Waals surface area contributed by atoms with Crippen molar-refractivity contribution in [3.05, 3.63) is 94.5 Å². The summed E-state index contributed by atoms with van der Waals surface area (Å²) in [5.41, 5.74) is 3.09. The molecule has 2 amide bonds. The van der Waals surface area contributed by atoms with Crippen LogP contribution in [-0.2, 0) is 26.2 Å². The molecule has 3 aromatic rings. The second-order valence-electron chi connectivity index (χ2n) is 10.8. The Morgan fingerprint density at radius 3 is 2.20 bits per heavy atom. The third-order valence-corrected chi connectivity index (χ3v) is 9.76. The van der Waals surface area contributed by atoms with Crippen LogP contribution in [0.5, 0.6) is 0 Å². The molecule has 9 heteroatoms. The summed E-state index contributed by atoms with van der Waals surface area (Å²) in [6.45, 7) is 5.22. The Balaban J connectivity index is 1.68. The van der Waals surface area contributed by atoms with Gasteiger partial charge in [0.2, 0.25) is 11.8 Å². The molecule has 1 fully saturated rings. The van der Waals surface area contributed by atoms with Crippen molar-refractivity contribution < 1.29 is 18.0 Å². The van der Waals surface area contributed by atoms with E-state index in [2.05, 4.69) is 5.32 Å². The van der Waals surface area contributed by atoms with Gasteiger partial charge in [0.1, 0.15) is 12.6 Å². The first-order chi connectivity index (χ1) is 19.6. The van der Waals surface area contributed by atoms with E-state index in [1.807, 2.05) is 38.1 Å². The fourth-order valence-electron chi connectivity index (χ4n) is 5.10. The monoisotopic (exact) mass is 595 g/mol. The van der Waals surface area contributed by atoms with Gasteiger partial charge in [0.05, 0.1) is 10.6 Å². The number of nitrogens with one attached hydrogen (secondary N) is 1. The topological polar surface area (TPSA) is 86.8 Å². The number of nitrogens with zero attached hydrogens (tertiary/aromatic N) is 2. The Labute approximate surface area is 248 Å². The molecule has 0 aromatic heterocycles. The first kappa shape index (κ1) is 30.6. The number of halogens is 1. The first-order valence-electron chi connectivity index (χ1n) is 14.1. The summed E-state index contributed by atoms with van der Waals surface area (Å²) in [4.78, 5) is 29.1. The molecule has 1 N–H and O–H groups in total. The zero-order valence-electron chi connectivity index (χ0n) is 23.8. The van der Waals surface area contributed by atoms with Crippen LogP contribution in [0.1, 0.15) is 55.7 Å². The summed E-state index contributed by atoms with van der Waals surface area (Å²) in [6.07, 6.45) is 5.14. The number of anilines is 1. The molecule has 3 aromatic carbocycles. The van der Waals surface area contributed by atoms with Crippen molar-refractivity contribution in [3.63, 3.8) is 0 Å². The average Bonchev–Trinajstić information content (AvgIpc) is 2.96. The van der Waals surface area contributed by atoms with Crippen LogP contribution in [0.4, 0.5) is 5.69 Å². The predicted molar refractivity (Wildman–Crippen MR) is 163 cm³/mol. The van der Waals surface area contributed by atoms with E-state index in [-0.39, 0.29) is 23.4 Å². The van der Waals surface area contributed by atoms with Crippen LogP contribution >= 0.6 is 11.6 Å². The molecule has 0 bridgehead atoms. The lowest BCUT2D eigenvalue weighted by molar-refractivity contribution is -0.139. The molecule has 218 valence electrons. The molecule has 0 saturated heterocycles. The van der Waals surface area contributed by atoms with E-state index in [9.17, 15) is 18.0 Å². The quantitative estimate of drug-likeness (QED) is 0.311. The molecule has 4 rings (SSSR count). The maximum Gasteiger partial charge on any atom is 0.264 e. The molecule has 0 aliphatic heterocycles. The highest BCUT2D eigenvalue weighted by Crippen LogP contribution is 2.26. The van der Waals surface area contributed by atoms with Gasteiger partial charge in [-0.25, -0.2) is 8.42 Å². The molecule has 1 aliphatic carbocycles. The van der Waals surface area contributed by atoms with Crippen molar-refractivity contribution >= 4 is 39.1 Å². The lowest BCUT2D eigenvalue weighted by Crippen LogP contribution is -2.53. The van der Waals surface area contributed by atoms with Gasteiger partial charge in [0.25, 0.3) is 10.0 Å². The lowest BCUT2D eigenvalue weighted by atomic mass is 9.95. The fourth-order valence-corrected chi connectivity index (χ4v) is 6.64. The summed E-state index contributed by atoms with van der Waals surface area (Å²) in [7, 11) is -4.12. The predicted octanol–water partition coefficient (Wildman–Crippen LogP) is 6.02. The maximum absolute atomic E-state index is 14.1. The Bertz CT molecular complexity index is 1450. The van der Waals surface area contributed by atoms with Crippen molar-refractivity contribution in [2.45, 2.75) is 76.4 Å². The largest absolute Gasteiger partial charge is 0.352 e. The van der Waals surface area contributed by atoms with Crippen LogP contribution in [0.3, 0.4) is 0 Å². The van der Waals surface area contributed by atoms with E-state index < -0.39 is 28.5 Å². The van der Waals surface area contributed by atoms with Gasteiger partial charge in [-0.3, -0.25) is 13.9 Å². The highest BCUT2D eigenvalue weighted by Gasteiger charge is 2.33. The summed E-state index contributed by atoms with van der Waals surface area (Å²) in [5, 5.41) is 3.57. The smallest absolute Gasteiger partial charge is 0.264 e. The van der Waals surface area contributed by atoms with Crippen LogP contribution in [0.2, 0.25) is 5.02 Å². The number of carbonyl (C=O) groups excluding carboxylic acids is 2. The minimum Gasteiger partial charge on any atom is -0.352 e. The molecule has 1 atom stereocenters. The van der Waals surface area contributed by atoms with Crippen LogP contribution in [0.25, 0.3) is 0 Å². The number of sulfonamides is 1. The summed E-state index contributed by atoms with van der Waals surface area (Å²) >= 11 is 6.10. The second-order valence-corrected chi connectivity index (χ2v) is 13.1. The maximum atomic E-state index is 14.1. The second kappa shape index (κ2) is 13.5. The van der Waals surface area contributed by atoms with Crippen LogP contribution in [0, 0.1) is 13.8 Å². The highest BCUT2D eigenvalue weighted by molar-refractivity contribution is 7.92. The molecular weight excluding hydrogens is 558 g/mol. The van der Waals surface area contributed by atoms with E-state index in [0.29, 0.717) is 10.7 Å². The molecule has 0 heterocycles. The number of rotatable bonds is 10. The van der Waals surface area contributed by atoms with E-state index in [1.165, 1.54) is 17.0 Å². The number of carbonyl (C=O) groups is 2. The number of hydrogen-bond donors (Lipinski definition) is 1. The van der Waals surface area contributed by atoms with Gasteiger partial charge in [-0.15, -0.1) is 0 Å². The SMILES string of the molecule is Cc1ccc(S(=O)(=O)N(CC(=O)N(Cc2ccccc2C)C(C)C(=O)NC2CCCCC2)c2ccc(Cl)cc2)cc1. The van der Waals surface area contributed by atoms with E-state index in [1.54, 1.807) is 43.3 Å². The minimum atomic E-state index is -4.12. The fraction of sp³-hybridized carbons (Fsp3) is 0.375. The normalized spacial score (nSPS) is 14.7. The molecule has 1 unspecified atom stereocenters. The van der Waals surface area contributed by atoms with Gasteiger partial charge in [0.15, 0.2) is 0 Å². The van der Waals surface area contributed by atoms with Crippen LogP contribution in [-0.4, -0.2) is 43.8 Å². The number of hydrogen-bond acceptors (Lipinski definition) is 4. The number of benzene rings is 3. The van der Waals surface area contributed by atoms with Gasteiger partial charge in [-0.2, -0.15) is 0 Å². The van der Waals surface area contributed by atoms with Crippen LogP contribution < -0.4 is 9.62 Å². The van der Waals surface area contributed by atoms with Crippen molar-refractivity contribution in [1.29, 1.82) is 0 Å². The standard InChI is InChI=1S/C32H38ClN3O4S/c1-23-13-19-30(20-14-23)41(39,40)36(29-17-15-27(33)16-18-29)22-31(37)35(21-26-10-8-7-9-24(26)2)25(3)32(38)34-28-11-5-4-6-12-28/h7-10,13-20,25,28H,4-6,11-12,21-22H2,1-3H3,(H,34,38). The summed E-state index contributed by atoms with van der Waals surface area (Å²) in [6, 6.07) is 19.8. The average molecular weight is 596 g/mol. The van der Waals surface area contributed by atoms with Crippen LogP contribution in [0.15, 0.2) is 77.7 Å². The Morgan fingerprint density at radius 1 is 0.927 bits per heavy atom. The first-order valence-corrected chi connectivity index (χ1v) is 15.9. The number of aryl methyl sites for hydroxylation is 2. The van der Waals surface area contributed by atoms with E-state index >= 15 is 0 Å². The van der Waals surface area contributed by atoms with Gasteiger partial charge in [-0.1, -0.05) is 72.8 Å². The Hall–Kier alpha value is -3.36. The minimum absolute atomic E-state index is 0.0689. The van der Waals surface area contributed by atoms with Gasteiger partial charge in [-0.05, 0) is 81.1 Å². The van der Waals surface area contributed by atoms with Gasteiger partial charge < -0.3 is 10.2 Å². The summed E-state index contributed by atoms with van der Waals surface area (Å²) in [5.74, 6) is -0.719. The van der Waals surface area contributed by atoms with Crippen molar-refractivity contribution in [2.75, 3.05) is 10.8 Å². The summed E-state index contributed by atoms with van der Waals surface area (Å²) < 4.78 is 28.9. The third kappa shape index (κ3) is 7.68. The van der Waals surface area contributed by atoms with Crippen molar-refractivity contribution in [3.8, 4) is 0 Å². The van der Waals surface area contributed by atoms with Gasteiger partial charge in [0, 0.05) is 17.6 Å². The zero-order valence-corrected chi connectivity index (χ0v) is 25.4. The Kier molecular flexibility index (Phi) is 10.1. The van der Waals surface area contributed by atoms with Gasteiger partial charge >= 0.3 is 0 Å². The van der Waals surface area contributed by atoms with Crippen molar-refractivity contribution in [2.24, 2.45) is 0 Å². The number of amides is 2.